The largest absolute Gasteiger partial charge is 0.480 e. The topological polar surface area (TPSA) is 110 Å². The second kappa shape index (κ2) is 6.55. The van der Waals surface area contributed by atoms with Crippen molar-refractivity contribution in [3.8, 4) is 0 Å². The summed E-state index contributed by atoms with van der Waals surface area (Å²) in [5, 5.41) is 8.89. The fourth-order valence-electron chi connectivity index (χ4n) is 1.09. The molecule has 0 heterocycles. The predicted octanol–water partition coefficient (Wildman–Crippen LogP) is -0.422. The molecule has 17 heavy (non-hydrogen) atoms. The van der Waals surface area contributed by atoms with Crippen molar-refractivity contribution in [1.82, 2.24) is 4.72 Å². The highest BCUT2D eigenvalue weighted by Gasteiger charge is 2.29. The lowest BCUT2D eigenvalue weighted by Crippen LogP contribution is -2.46. The molecule has 0 aliphatic rings. The van der Waals surface area contributed by atoms with Crippen molar-refractivity contribution in [2.24, 2.45) is 5.92 Å². The summed E-state index contributed by atoms with van der Waals surface area (Å²) in [5.41, 5.74) is 0. The number of ether oxygens (including phenoxy) is 1. The standard InChI is InChI=1S/C9H17NO6S/c1-4-6(2)8(9(12)13)10-17(14,15)5-7(11)16-3/h6,8,10H,4-5H2,1-3H3,(H,12,13)/t6?,8-/m0/s1. The van der Waals surface area contributed by atoms with Gasteiger partial charge in [-0.2, -0.15) is 0 Å². The highest BCUT2D eigenvalue weighted by molar-refractivity contribution is 7.90. The van der Waals surface area contributed by atoms with Gasteiger partial charge in [-0.25, -0.2) is 13.1 Å². The third-order valence-electron chi connectivity index (χ3n) is 2.32. The van der Waals surface area contributed by atoms with E-state index in [0.717, 1.165) is 7.11 Å². The molecule has 0 aromatic carbocycles. The van der Waals surface area contributed by atoms with E-state index in [-0.39, 0.29) is 5.92 Å². The average Bonchev–Trinajstić information content (AvgIpc) is 2.23. The zero-order valence-corrected chi connectivity index (χ0v) is 10.8. The smallest absolute Gasteiger partial charge is 0.322 e. The Morgan fingerprint density at radius 2 is 1.94 bits per heavy atom. The molecule has 0 aromatic heterocycles. The van der Waals surface area contributed by atoms with Crippen LogP contribution in [-0.4, -0.2) is 44.4 Å². The first kappa shape index (κ1) is 15.9. The van der Waals surface area contributed by atoms with Crippen LogP contribution in [0.5, 0.6) is 0 Å². The summed E-state index contributed by atoms with van der Waals surface area (Å²) in [5.74, 6) is -3.47. The van der Waals surface area contributed by atoms with Gasteiger partial charge in [0.1, 0.15) is 6.04 Å². The Labute approximate surface area is 100 Å². The van der Waals surface area contributed by atoms with Crippen molar-refractivity contribution in [3.05, 3.63) is 0 Å². The van der Waals surface area contributed by atoms with Gasteiger partial charge in [-0.15, -0.1) is 0 Å². The molecule has 8 heteroatoms. The van der Waals surface area contributed by atoms with Crippen LogP contribution in [0.15, 0.2) is 0 Å². The number of esters is 1. The Morgan fingerprint density at radius 1 is 1.41 bits per heavy atom. The maximum absolute atomic E-state index is 11.5. The van der Waals surface area contributed by atoms with E-state index in [9.17, 15) is 18.0 Å². The van der Waals surface area contributed by atoms with E-state index in [1.165, 1.54) is 0 Å². The number of sulfonamides is 1. The van der Waals surface area contributed by atoms with Gasteiger partial charge in [-0.3, -0.25) is 9.59 Å². The quantitative estimate of drug-likeness (QED) is 0.606. The second-order valence-electron chi connectivity index (χ2n) is 3.65. The number of rotatable bonds is 7. The van der Waals surface area contributed by atoms with Gasteiger partial charge < -0.3 is 9.84 Å². The molecule has 0 saturated carbocycles. The minimum absolute atomic E-state index is 0.375. The third kappa shape index (κ3) is 5.64. The Bertz CT molecular complexity index is 377. The number of methoxy groups -OCH3 is 1. The molecule has 0 amide bonds. The number of carbonyl (C=O) groups is 2. The highest BCUT2D eigenvalue weighted by Crippen LogP contribution is 2.09. The lowest BCUT2D eigenvalue weighted by atomic mass is 10.0. The Balaban J connectivity index is 4.76. The number of hydrogen-bond donors (Lipinski definition) is 2. The first-order valence-electron chi connectivity index (χ1n) is 5.03. The molecular weight excluding hydrogens is 250 g/mol. The van der Waals surface area contributed by atoms with E-state index in [1.807, 2.05) is 4.72 Å². The minimum atomic E-state index is -4.00. The van der Waals surface area contributed by atoms with Crippen LogP contribution in [0, 0.1) is 5.92 Å². The number of hydrogen-bond acceptors (Lipinski definition) is 5. The number of nitrogens with one attached hydrogen (secondary N) is 1. The molecule has 0 spiro atoms. The zero-order valence-electron chi connectivity index (χ0n) is 9.97. The van der Waals surface area contributed by atoms with Crippen LogP contribution in [0.2, 0.25) is 0 Å². The summed E-state index contributed by atoms with van der Waals surface area (Å²) in [6, 6.07) is -1.24. The SMILES string of the molecule is CCC(C)[C@H](NS(=O)(=O)CC(=O)OC)C(=O)O. The van der Waals surface area contributed by atoms with Crippen molar-refractivity contribution in [1.29, 1.82) is 0 Å². The van der Waals surface area contributed by atoms with Gasteiger partial charge >= 0.3 is 11.9 Å². The summed E-state index contributed by atoms with van der Waals surface area (Å²) in [6.07, 6.45) is 0.498. The molecule has 100 valence electrons. The number of aliphatic carboxylic acids is 1. The Morgan fingerprint density at radius 3 is 2.29 bits per heavy atom. The molecule has 2 N–H and O–H groups in total. The molecule has 0 aromatic rings. The molecule has 0 aliphatic heterocycles. The molecule has 7 nitrogen and oxygen atoms in total. The molecule has 0 radical (unpaired) electrons. The maximum atomic E-state index is 11.5. The lowest BCUT2D eigenvalue weighted by Gasteiger charge is -2.19. The van der Waals surface area contributed by atoms with Gasteiger partial charge in [0.15, 0.2) is 5.75 Å². The van der Waals surface area contributed by atoms with Crippen molar-refractivity contribution in [2.75, 3.05) is 12.9 Å². The number of carboxylic acids is 1. The summed E-state index contributed by atoms with van der Waals surface area (Å²) in [6.45, 7) is 3.36. The molecule has 0 saturated heterocycles. The first-order chi connectivity index (χ1) is 7.73. The van der Waals surface area contributed by atoms with E-state index in [4.69, 9.17) is 5.11 Å². The van der Waals surface area contributed by atoms with E-state index in [2.05, 4.69) is 4.74 Å². The van der Waals surface area contributed by atoms with Gasteiger partial charge in [-0.1, -0.05) is 20.3 Å². The minimum Gasteiger partial charge on any atom is -0.480 e. The summed E-state index contributed by atoms with van der Waals surface area (Å²) >= 11 is 0. The van der Waals surface area contributed by atoms with Crippen LogP contribution < -0.4 is 4.72 Å². The second-order valence-corrected chi connectivity index (χ2v) is 5.41. The molecule has 0 fully saturated rings. The van der Waals surface area contributed by atoms with Gasteiger partial charge in [0.05, 0.1) is 7.11 Å². The zero-order chi connectivity index (χ0) is 13.6. The Kier molecular flexibility index (Phi) is 6.11. The number of carbonyl (C=O) groups excluding carboxylic acids is 1. The molecule has 0 aliphatic carbocycles. The Hall–Kier alpha value is -1.15. The maximum Gasteiger partial charge on any atom is 0.322 e. The van der Waals surface area contributed by atoms with Crippen LogP contribution >= 0.6 is 0 Å². The van der Waals surface area contributed by atoms with E-state index >= 15 is 0 Å². The highest BCUT2D eigenvalue weighted by atomic mass is 32.2. The average molecular weight is 267 g/mol. The van der Waals surface area contributed by atoms with Crippen molar-refractivity contribution in [3.63, 3.8) is 0 Å². The predicted molar refractivity (Wildman–Crippen MR) is 59.8 cm³/mol. The van der Waals surface area contributed by atoms with Gasteiger partial charge in [0, 0.05) is 0 Å². The molecule has 2 atom stereocenters. The third-order valence-corrected chi connectivity index (χ3v) is 3.55. The number of carboxylic acid groups (broad SMARTS) is 1. The van der Waals surface area contributed by atoms with E-state index in [0.29, 0.717) is 6.42 Å². The molecule has 0 rings (SSSR count). The molecule has 1 unspecified atom stereocenters. The van der Waals surface area contributed by atoms with E-state index in [1.54, 1.807) is 13.8 Å². The van der Waals surface area contributed by atoms with E-state index < -0.39 is 33.8 Å². The molecule has 0 bridgehead atoms. The summed E-state index contributed by atoms with van der Waals surface area (Å²) in [7, 11) is -2.94. The van der Waals surface area contributed by atoms with Crippen LogP contribution in [0.4, 0.5) is 0 Å². The van der Waals surface area contributed by atoms with Gasteiger partial charge in [0.2, 0.25) is 10.0 Å². The summed E-state index contributed by atoms with van der Waals surface area (Å²) in [4.78, 5) is 21.7. The van der Waals surface area contributed by atoms with Crippen molar-refractivity contribution >= 4 is 22.0 Å². The van der Waals surface area contributed by atoms with Crippen LogP contribution in [0.3, 0.4) is 0 Å². The van der Waals surface area contributed by atoms with Gasteiger partial charge in [-0.05, 0) is 5.92 Å². The van der Waals surface area contributed by atoms with Crippen LogP contribution in [0.25, 0.3) is 0 Å². The van der Waals surface area contributed by atoms with Crippen LogP contribution in [0.1, 0.15) is 20.3 Å². The fraction of sp³-hybridized carbons (Fsp3) is 0.778. The monoisotopic (exact) mass is 267 g/mol. The van der Waals surface area contributed by atoms with Crippen LogP contribution in [-0.2, 0) is 24.3 Å². The van der Waals surface area contributed by atoms with Crippen molar-refractivity contribution < 1.29 is 27.9 Å². The van der Waals surface area contributed by atoms with Gasteiger partial charge in [0.25, 0.3) is 0 Å². The first-order valence-corrected chi connectivity index (χ1v) is 6.68. The lowest BCUT2D eigenvalue weighted by molar-refractivity contribution is -0.140. The normalized spacial score (nSPS) is 15.0. The fourth-order valence-corrected chi connectivity index (χ4v) is 2.33. The molecular formula is C9H17NO6S. The summed E-state index contributed by atoms with van der Waals surface area (Å²) < 4.78 is 29.1. The van der Waals surface area contributed by atoms with Crippen molar-refractivity contribution in [2.45, 2.75) is 26.3 Å².